The highest BCUT2D eigenvalue weighted by Gasteiger charge is 2.32. The number of nitrogens with one attached hydrogen (secondary N) is 2. The third-order valence-electron chi connectivity index (χ3n) is 3.23. The molecule has 0 radical (unpaired) electrons. The molecule has 8 nitrogen and oxygen atoms in total. The first-order valence-electron chi connectivity index (χ1n) is 6.60. The number of ether oxygens (including phenoxy) is 1. The van der Waals surface area contributed by atoms with Crippen LogP contribution in [0.4, 0.5) is 5.69 Å². The Hall–Kier alpha value is -2.32. The number of hydrogen-bond donors (Lipinski definition) is 2. The van der Waals surface area contributed by atoms with E-state index >= 15 is 0 Å². The van der Waals surface area contributed by atoms with Gasteiger partial charge in [-0.3, -0.25) is 4.79 Å². The van der Waals surface area contributed by atoms with Crippen LogP contribution < -0.4 is 10.6 Å². The van der Waals surface area contributed by atoms with Crippen molar-refractivity contribution in [1.29, 1.82) is 0 Å². The molecule has 0 aromatic carbocycles. The van der Waals surface area contributed by atoms with Crippen LogP contribution in [0.3, 0.4) is 0 Å². The van der Waals surface area contributed by atoms with E-state index < -0.39 is 0 Å². The van der Waals surface area contributed by atoms with Crippen LogP contribution >= 0.6 is 0 Å². The SMILES string of the molecule is CC1(OCC(=O)Nc2ccc(-n3cncn3)nc2)CNC1. The zero-order valence-electron chi connectivity index (χ0n) is 11.6. The molecule has 0 bridgehead atoms. The lowest BCUT2D eigenvalue weighted by molar-refractivity contribution is -0.130. The maximum absolute atomic E-state index is 11.8. The van der Waals surface area contributed by atoms with Gasteiger partial charge in [-0.25, -0.2) is 14.6 Å². The zero-order chi connectivity index (χ0) is 14.7. The Bertz CT molecular complexity index is 606. The van der Waals surface area contributed by atoms with E-state index in [9.17, 15) is 4.79 Å². The van der Waals surface area contributed by atoms with Crippen molar-refractivity contribution < 1.29 is 9.53 Å². The lowest BCUT2D eigenvalue weighted by Crippen LogP contribution is -2.59. The van der Waals surface area contributed by atoms with Crippen molar-refractivity contribution in [3.8, 4) is 5.82 Å². The summed E-state index contributed by atoms with van der Waals surface area (Å²) in [4.78, 5) is 19.9. The van der Waals surface area contributed by atoms with Crippen LogP contribution in [0.25, 0.3) is 5.82 Å². The van der Waals surface area contributed by atoms with Crippen LogP contribution in [-0.2, 0) is 9.53 Å². The van der Waals surface area contributed by atoms with Gasteiger partial charge in [0.15, 0.2) is 5.82 Å². The van der Waals surface area contributed by atoms with Crippen LogP contribution in [0.2, 0.25) is 0 Å². The Morgan fingerprint density at radius 3 is 2.95 bits per heavy atom. The molecule has 8 heteroatoms. The first-order valence-corrected chi connectivity index (χ1v) is 6.60. The number of carbonyl (C=O) groups excluding carboxylic acids is 1. The first-order chi connectivity index (χ1) is 10.1. The molecule has 3 rings (SSSR count). The fourth-order valence-corrected chi connectivity index (χ4v) is 1.94. The van der Waals surface area contributed by atoms with Gasteiger partial charge < -0.3 is 15.4 Å². The minimum atomic E-state index is -0.230. The van der Waals surface area contributed by atoms with Gasteiger partial charge in [-0.1, -0.05) is 0 Å². The molecule has 1 fully saturated rings. The van der Waals surface area contributed by atoms with Crippen molar-refractivity contribution in [2.24, 2.45) is 0 Å². The third-order valence-corrected chi connectivity index (χ3v) is 3.23. The van der Waals surface area contributed by atoms with Crippen molar-refractivity contribution in [2.45, 2.75) is 12.5 Å². The summed E-state index contributed by atoms with van der Waals surface area (Å²) in [5.41, 5.74) is 0.386. The summed E-state index contributed by atoms with van der Waals surface area (Å²) in [5, 5.41) is 9.84. The van der Waals surface area contributed by atoms with E-state index in [0.717, 1.165) is 13.1 Å². The molecule has 0 spiro atoms. The summed E-state index contributed by atoms with van der Waals surface area (Å²) in [6.07, 6.45) is 4.56. The summed E-state index contributed by atoms with van der Waals surface area (Å²) in [6.45, 7) is 3.55. The molecular weight excluding hydrogens is 272 g/mol. The number of rotatable bonds is 5. The second kappa shape index (κ2) is 5.58. The molecule has 2 aromatic heterocycles. The van der Waals surface area contributed by atoms with Crippen molar-refractivity contribution in [3.05, 3.63) is 31.0 Å². The second-order valence-electron chi connectivity index (χ2n) is 5.14. The van der Waals surface area contributed by atoms with E-state index in [-0.39, 0.29) is 18.1 Å². The summed E-state index contributed by atoms with van der Waals surface area (Å²) < 4.78 is 7.11. The summed E-state index contributed by atoms with van der Waals surface area (Å²) in [5.74, 6) is 0.438. The Labute approximate surface area is 121 Å². The molecule has 2 aromatic rings. The summed E-state index contributed by atoms with van der Waals surface area (Å²) in [7, 11) is 0. The molecule has 0 aliphatic carbocycles. The normalized spacial score (nSPS) is 16.2. The Kier molecular flexibility index (Phi) is 3.63. The molecule has 1 saturated heterocycles. The Morgan fingerprint density at radius 1 is 1.52 bits per heavy atom. The molecule has 0 saturated carbocycles. The lowest BCUT2D eigenvalue weighted by atomic mass is 10.0. The van der Waals surface area contributed by atoms with E-state index in [4.69, 9.17) is 4.74 Å². The number of carbonyl (C=O) groups is 1. The van der Waals surface area contributed by atoms with Crippen LogP contribution in [-0.4, -0.2) is 51.0 Å². The molecule has 1 aliphatic rings. The highest BCUT2D eigenvalue weighted by Crippen LogP contribution is 2.15. The maximum atomic E-state index is 11.8. The predicted molar refractivity (Wildman–Crippen MR) is 75.0 cm³/mol. The van der Waals surface area contributed by atoms with Crippen molar-refractivity contribution >= 4 is 11.6 Å². The Morgan fingerprint density at radius 2 is 2.38 bits per heavy atom. The van der Waals surface area contributed by atoms with Gasteiger partial charge >= 0.3 is 0 Å². The van der Waals surface area contributed by atoms with E-state index in [0.29, 0.717) is 11.5 Å². The Balaban J connectivity index is 1.54. The van der Waals surface area contributed by atoms with Gasteiger partial charge in [0, 0.05) is 13.1 Å². The topological polar surface area (TPSA) is 94.0 Å². The molecular formula is C13H16N6O2. The quantitative estimate of drug-likeness (QED) is 0.803. The van der Waals surface area contributed by atoms with Gasteiger partial charge in [-0.2, -0.15) is 5.10 Å². The standard InChI is InChI=1S/C13H16N6O2/c1-13(6-14-7-13)21-5-12(20)18-10-2-3-11(16-4-10)19-9-15-8-17-19/h2-4,8-9,14H,5-7H2,1H3,(H,18,20). The minimum Gasteiger partial charge on any atom is -0.363 e. The molecule has 0 unspecified atom stereocenters. The molecule has 0 atom stereocenters. The number of nitrogens with zero attached hydrogens (tertiary/aromatic N) is 4. The first kappa shape index (κ1) is 13.7. The van der Waals surface area contributed by atoms with Gasteiger partial charge in [-0.15, -0.1) is 0 Å². The molecule has 2 N–H and O–H groups in total. The molecule has 1 amide bonds. The van der Waals surface area contributed by atoms with Gasteiger partial charge in [0.05, 0.1) is 17.5 Å². The number of hydrogen-bond acceptors (Lipinski definition) is 6. The van der Waals surface area contributed by atoms with E-state index in [1.165, 1.54) is 6.33 Å². The highest BCUT2D eigenvalue weighted by molar-refractivity contribution is 5.91. The van der Waals surface area contributed by atoms with Crippen molar-refractivity contribution in [1.82, 2.24) is 25.1 Å². The number of amides is 1. The largest absolute Gasteiger partial charge is 0.363 e. The van der Waals surface area contributed by atoms with Crippen molar-refractivity contribution in [2.75, 3.05) is 25.0 Å². The molecule has 3 heterocycles. The second-order valence-corrected chi connectivity index (χ2v) is 5.14. The maximum Gasteiger partial charge on any atom is 0.250 e. The lowest BCUT2D eigenvalue weighted by Gasteiger charge is -2.38. The fourth-order valence-electron chi connectivity index (χ4n) is 1.94. The van der Waals surface area contributed by atoms with Gasteiger partial charge in [-0.05, 0) is 19.1 Å². The van der Waals surface area contributed by atoms with Gasteiger partial charge in [0.25, 0.3) is 0 Å². The number of anilines is 1. The smallest absolute Gasteiger partial charge is 0.250 e. The van der Waals surface area contributed by atoms with Gasteiger partial charge in [0.1, 0.15) is 19.3 Å². The van der Waals surface area contributed by atoms with Crippen molar-refractivity contribution in [3.63, 3.8) is 0 Å². The summed E-state index contributed by atoms with van der Waals surface area (Å²) in [6, 6.07) is 3.51. The van der Waals surface area contributed by atoms with Crippen LogP contribution in [0.1, 0.15) is 6.92 Å². The van der Waals surface area contributed by atoms with Crippen LogP contribution in [0, 0.1) is 0 Å². The zero-order valence-corrected chi connectivity index (χ0v) is 11.6. The average molecular weight is 288 g/mol. The number of aromatic nitrogens is 4. The van der Waals surface area contributed by atoms with E-state index in [2.05, 4.69) is 25.7 Å². The minimum absolute atomic E-state index is 0.0308. The highest BCUT2D eigenvalue weighted by atomic mass is 16.5. The molecule has 1 aliphatic heterocycles. The van der Waals surface area contributed by atoms with E-state index in [1.54, 1.807) is 29.3 Å². The number of pyridine rings is 1. The van der Waals surface area contributed by atoms with Crippen LogP contribution in [0.15, 0.2) is 31.0 Å². The molecule has 110 valence electrons. The van der Waals surface area contributed by atoms with Gasteiger partial charge in [0.2, 0.25) is 5.91 Å². The molecule has 21 heavy (non-hydrogen) atoms. The third kappa shape index (κ3) is 3.23. The summed E-state index contributed by atoms with van der Waals surface area (Å²) >= 11 is 0. The monoisotopic (exact) mass is 288 g/mol. The average Bonchev–Trinajstić information content (AvgIpc) is 2.98. The predicted octanol–water partition coefficient (Wildman–Crippen LogP) is -0.0207. The van der Waals surface area contributed by atoms with E-state index in [1.807, 2.05) is 6.92 Å². The fraction of sp³-hybridized carbons (Fsp3) is 0.385. The van der Waals surface area contributed by atoms with Crippen LogP contribution in [0.5, 0.6) is 0 Å².